The van der Waals surface area contributed by atoms with E-state index in [0.717, 1.165) is 13.1 Å². The summed E-state index contributed by atoms with van der Waals surface area (Å²) in [6.07, 6.45) is 6.18. The molecule has 2 heterocycles. The Balaban J connectivity index is 0.000000224. The van der Waals surface area contributed by atoms with Gasteiger partial charge in [-0.25, -0.2) is 14.8 Å². The fourth-order valence-electron chi connectivity index (χ4n) is 1.73. The number of aromatic nitrogens is 4. The minimum atomic E-state index is -0.431. The molecular weight excluding hydrogens is 286 g/mol. The molecule has 0 spiro atoms. The van der Waals surface area contributed by atoms with Crippen LogP contribution in [0.3, 0.4) is 0 Å². The molecule has 0 aliphatic heterocycles. The summed E-state index contributed by atoms with van der Waals surface area (Å²) in [6.45, 7) is 7.50. The first-order chi connectivity index (χ1) is 10.5. The van der Waals surface area contributed by atoms with Crippen LogP contribution in [0.5, 0.6) is 0 Å². The second-order valence-electron chi connectivity index (χ2n) is 4.21. The van der Waals surface area contributed by atoms with Crippen molar-refractivity contribution in [2.75, 3.05) is 6.61 Å². The number of hydrogen-bond acceptors (Lipinski definition) is 5. The van der Waals surface area contributed by atoms with Crippen LogP contribution in [0.4, 0.5) is 0 Å². The molecule has 0 saturated carbocycles. The number of primary amides is 1. The predicted octanol–water partition coefficient (Wildman–Crippen LogP) is 1.08. The second-order valence-corrected chi connectivity index (χ2v) is 4.21. The molecule has 2 aromatic heterocycles. The summed E-state index contributed by atoms with van der Waals surface area (Å²) < 4.78 is 8.27. The van der Waals surface area contributed by atoms with Crippen LogP contribution in [0.1, 0.15) is 41.7 Å². The van der Waals surface area contributed by atoms with Crippen molar-refractivity contribution in [3.8, 4) is 0 Å². The van der Waals surface area contributed by atoms with Crippen LogP contribution >= 0.6 is 0 Å². The van der Waals surface area contributed by atoms with Gasteiger partial charge in [0.05, 0.1) is 31.7 Å². The van der Waals surface area contributed by atoms with Gasteiger partial charge in [0.2, 0.25) is 0 Å². The van der Waals surface area contributed by atoms with Crippen LogP contribution in [0, 0.1) is 0 Å². The maximum absolute atomic E-state index is 11.2. The molecule has 0 aromatic carbocycles. The number of carbonyl (C=O) groups is 2. The molecule has 2 rings (SSSR count). The van der Waals surface area contributed by atoms with Crippen LogP contribution < -0.4 is 5.73 Å². The lowest BCUT2D eigenvalue weighted by molar-refractivity contribution is 0.0514. The monoisotopic (exact) mass is 307 g/mol. The Morgan fingerprint density at radius 3 is 1.95 bits per heavy atom. The van der Waals surface area contributed by atoms with Crippen molar-refractivity contribution in [3.05, 3.63) is 36.4 Å². The van der Waals surface area contributed by atoms with Crippen LogP contribution in [0.2, 0.25) is 0 Å². The maximum Gasteiger partial charge on any atom is 0.356 e. The Kier molecular flexibility index (Phi) is 6.81. The van der Waals surface area contributed by atoms with Crippen molar-refractivity contribution < 1.29 is 14.3 Å². The molecule has 2 aromatic rings. The largest absolute Gasteiger partial charge is 0.461 e. The lowest BCUT2D eigenvalue weighted by atomic mass is 10.4. The highest BCUT2D eigenvalue weighted by atomic mass is 16.5. The van der Waals surface area contributed by atoms with Gasteiger partial charge in [-0.2, -0.15) is 0 Å². The standard InChI is InChI=1S/C8H12N2O2.C6H9N3O/c1-3-10-6-9-5-7(10)8(11)12-4-2;1-2-9-4-8-3-5(9)6(7)10/h5-6H,3-4H2,1-2H3;3-4H,2H2,1H3,(H2,7,10). The number of esters is 1. The molecule has 0 bridgehead atoms. The minimum Gasteiger partial charge on any atom is -0.461 e. The number of imidazole rings is 2. The van der Waals surface area contributed by atoms with Gasteiger partial charge in [-0.05, 0) is 20.8 Å². The van der Waals surface area contributed by atoms with Crippen molar-refractivity contribution >= 4 is 11.9 Å². The van der Waals surface area contributed by atoms with E-state index in [2.05, 4.69) is 9.97 Å². The van der Waals surface area contributed by atoms with Gasteiger partial charge in [0, 0.05) is 13.1 Å². The Hall–Kier alpha value is -2.64. The molecule has 0 aliphatic rings. The van der Waals surface area contributed by atoms with Gasteiger partial charge in [0.25, 0.3) is 5.91 Å². The molecule has 0 fully saturated rings. The van der Waals surface area contributed by atoms with Gasteiger partial charge >= 0.3 is 5.97 Å². The van der Waals surface area contributed by atoms with Gasteiger partial charge in [-0.15, -0.1) is 0 Å². The second kappa shape index (κ2) is 8.60. The molecule has 2 N–H and O–H groups in total. The van der Waals surface area contributed by atoms with Crippen molar-refractivity contribution in [1.82, 2.24) is 19.1 Å². The number of rotatable bonds is 5. The zero-order valence-corrected chi connectivity index (χ0v) is 13.0. The molecule has 22 heavy (non-hydrogen) atoms. The van der Waals surface area contributed by atoms with E-state index in [9.17, 15) is 9.59 Å². The van der Waals surface area contributed by atoms with Crippen LogP contribution in [0.25, 0.3) is 0 Å². The van der Waals surface area contributed by atoms with E-state index in [4.69, 9.17) is 10.5 Å². The molecule has 0 aliphatic carbocycles. The van der Waals surface area contributed by atoms with Gasteiger partial charge in [0.1, 0.15) is 11.4 Å². The Bertz CT molecular complexity index is 618. The molecule has 1 amide bonds. The molecule has 0 radical (unpaired) electrons. The number of nitrogens with two attached hydrogens (primary N) is 1. The zero-order valence-electron chi connectivity index (χ0n) is 13.0. The van der Waals surface area contributed by atoms with E-state index < -0.39 is 5.91 Å². The molecular formula is C14H21N5O3. The number of ether oxygens (including phenoxy) is 1. The Morgan fingerprint density at radius 2 is 1.55 bits per heavy atom. The van der Waals surface area contributed by atoms with E-state index in [-0.39, 0.29) is 5.97 Å². The molecule has 0 unspecified atom stereocenters. The number of nitrogens with zero attached hydrogens (tertiary/aromatic N) is 4. The van der Waals surface area contributed by atoms with E-state index in [1.807, 2.05) is 13.8 Å². The van der Waals surface area contributed by atoms with Crippen molar-refractivity contribution in [2.45, 2.75) is 33.9 Å². The van der Waals surface area contributed by atoms with Crippen molar-refractivity contribution in [3.63, 3.8) is 0 Å². The molecule has 0 saturated heterocycles. The highest BCUT2D eigenvalue weighted by Crippen LogP contribution is 2.01. The van der Waals surface area contributed by atoms with E-state index in [1.54, 1.807) is 28.7 Å². The smallest absolute Gasteiger partial charge is 0.356 e. The van der Waals surface area contributed by atoms with E-state index >= 15 is 0 Å². The van der Waals surface area contributed by atoms with Crippen LogP contribution in [-0.2, 0) is 17.8 Å². The first-order valence-corrected chi connectivity index (χ1v) is 7.02. The molecule has 8 heteroatoms. The normalized spacial score (nSPS) is 9.77. The van der Waals surface area contributed by atoms with Gasteiger partial charge in [-0.1, -0.05) is 0 Å². The maximum atomic E-state index is 11.2. The average Bonchev–Trinajstić information content (AvgIpc) is 3.16. The summed E-state index contributed by atoms with van der Waals surface area (Å²) >= 11 is 0. The zero-order chi connectivity index (χ0) is 16.5. The van der Waals surface area contributed by atoms with Gasteiger partial charge in [0.15, 0.2) is 0 Å². The van der Waals surface area contributed by atoms with Crippen LogP contribution in [-0.4, -0.2) is 37.6 Å². The Labute approximate surface area is 128 Å². The fourth-order valence-corrected chi connectivity index (χ4v) is 1.73. The first kappa shape index (κ1) is 17.4. The predicted molar refractivity (Wildman–Crippen MR) is 80.3 cm³/mol. The third-order valence-corrected chi connectivity index (χ3v) is 2.84. The van der Waals surface area contributed by atoms with Crippen molar-refractivity contribution in [2.24, 2.45) is 5.73 Å². The fraction of sp³-hybridized carbons (Fsp3) is 0.429. The Morgan fingerprint density at radius 1 is 1.05 bits per heavy atom. The van der Waals surface area contributed by atoms with Crippen molar-refractivity contribution in [1.29, 1.82) is 0 Å². The van der Waals surface area contributed by atoms with Gasteiger partial charge < -0.3 is 19.6 Å². The highest BCUT2D eigenvalue weighted by molar-refractivity contribution is 5.90. The number of amides is 1. The highest BCUT2D eigenvalue weighted by Gasteiger charge is 2.10. The minimum absolute atomic E-state index is 0.308. The third-order valence-electron chi connectivity index (χ3n) is 2.84. The van der Waals surface area contributed by atoms with E-state index in [1.165, 1.54) is 12.4 Å². The average molecular weight is 307 g/mol. The van der Waals surface area contributed by atoms with Gasteiger partial charge in [-0.3, -0.25) is 4.79 Å². The topological polar surface area (TPSA) is 105 Å². The first-order valence-electron chi connectivity index (χ1n) is 7.02. The number of aryl methyl sites for hydroxylation is 2. The van der Waals surface area contributed by atoms with E-state index in [0.29, 0.717) is 18.0 Å². The quantitative estimate of drug-likeness (QED) is 0.832. The molecule has 0 atom stereocenters. The van der Waals surface area contributed by atoms with Crippen LogP contribution in [0.15, 0.2) is 25.0 Å². The summed E-state index contributed by atoms with van der Waals surface area (Å²) in [4.78, 5) is 29.4. The summed E-state index contributed by atoms with van der Waals surface area (Å²) in [5.41, 5.74) is 6.01. The summed E-state index contributed by atoms with van der Waals surface area (Å²) in [5.74, 6) is -0.740. The summed E-state index contributed by atoms with van der Waals surface area (Å²) in [7, 11) is 0. The third kappa shape index (κ3) is 4.44. The number of hydrogen-bond donors (Lipinski definition) is 1. The number of carbonyl (C=O) groups excluding carboxylic acids is 2. The SMILES string of the molecule is CCOC(=O)c1cncn1CC.CCn1cncc1C(N)=O. The summed E-state index contributed by atoms with van der Waals surface area (Å²) in [6, 6.07) is 0. The lowest BCUT2D eigenvalue weighted by Crippen LogP contribution is -2.15. The molecule has 120 valence electrons. The summed E-state index contributed by atoms with van der Waals surface area (Å²) in [5, 5.41) is 0. The molecule has 8 nitrogen and oxygen atoms in total. The lowest BCUT2D eigenvalue weighted by Gasteiger charge is -2.03.